The number of H-pyrrole nitrogens is 1. The van der Waals surface area contributed by atoms with Crippen molar-refractivity contribution in [1.29, 1.82) is 0 Å². The average Bonchev–Trinajstić information content (AvgIpc) is 3.53. The second-order valence-electron chi connectivity index (χ2n) is 5.78. The van der Waals surface area contributed by atoms with E-state index in [9.17, 15) is 4.57 Å². The third-order valence-corrected chi connectivity index (χ3v) is 4.56. The summed E-state index contributed by atoms with van der Waals surface area (Å²) in [6, 6.07) is 18.8. The van der Waals surface area contributed by atoms with Crippen LogP contribution >= 0.6 is 8.25 Å². The van der Waals surface area contributed by atoms with Crippen molar-refractivity contribution in [2.45, 2.75) is 13.5 Å². The van der Waals surface area contributed by atoms with Gasteiger partial charge in [-0.3, -0.25) is 0 Å². The minimum Gasteiger partial charge on any atom is -0.368 e. The fourth-order valence-corrected chi connectivity index (χ4v) is 3.03. The van der Waals surface area contributed by atoms with Crippen LogP contribution in [-0.4, -0.2) is 35.0 Å². The maximum Gasteiger partial charge on any atom is 0.701 e. The first-order valence-corrected chi connectivity index (χ1v) is 9.78. The van der Waals surface area contributed by atoms with Crippen LogP contribution in [0.25, 0.3) is 22.1 Å². The molecule has 0 aliphatic carbocycles. The minimum absolute atomic E-state index is 0.0200. The molecule has 1 N–H and O–H groups in total. The normalized spacial score (nSPS) is 10.8. The summed E-state index contributed by atoms with van der Waals surface area (Å²) >= 11 is 0. The largest absolute Gasteiger partial charge is 0.701 e. The summed E-state index contributed by atoms with van der Waals surface area (Å²) < 4.78 is 25.3. The predicted molar refractivity (Wildman–Crippen MR) is 106 cm³/mol. The maximum atomic E-state index is 11.9. The number of benzene rings is 2. The van der Waals surface area contributed by atoms with Crippen LogP contribution in [0.4, 0.5) is 0 Å². The molecule has 0 saturated heterocycles. The first-order chi connectivity index (χ1) is 14.3. The molecule has 0 fully saturated rings. The highest BCUT2D eigenvalue weighted by Crippen LogP contribution is 2.26. The molecule has 0 spiro atoms. The Balaban J connectivity index is 0.000000359. The van der Waals surface area contributed by atoms with Gasteiger partial charge in [-0.25, -0.2) is 9.36 Å². The number of para-hydroxylation sites is 2. The molecule has 0 bridgehead atoms. The monoisotopic (exact) mass is 410 g/mol. The van der Waals surface area contributed by atoms with Crippen molar-refractivity contribution in [2.24, 2.45) is 0 Å². The van der Waals surface area contributed by atoms with Gasteiger partial charge in [-0.05, 0) is 36.4 Å². The lowest BCUT2D eigenvalue weighted by atomic mass is 10.3. The first-order valence-electron chi connectivity index (χ1n) is 8.68. The summed E-state index contributed by atoms with van der Waals surface area (Å²) in [4.78, 5) is 2.86. The van der Waals surface area contributed by atoms with E-state index in [1.807, 2.05) is 73.1 Å². The topological polar surface area (TPSA) is 113 Å². The lowest BCUT2D eigenvalue weighted by molar-refractivity contribution is 0.148. The number of hydrogen-bond acceptors (Lipinski definition) is 7. The van der Waals surface area contributed by atoms with Gasteiger partial charge in [0.15, 0.2) is 13.5 Å². The van der Waals surface area contributed by atoms with Crippen molar-refractivity contribution >= 4 is 30.3 Å². The lowest BCUT2D eigenvalue weighted by Gasteiger charge is -1.97. The molecule has 5 rings (SSSR count). The van der Waals surface area contributed by atoms with E-state index in [1.54, 1.807) is 0 Å². The summed E-state index contributed by atoms with van der Waals surface area (Å²) in [6.45, 7) is -0.0400. The Morgan fingerprint density at radius 2 is 1.24 bits per heavy atom. The second-order valence-corrected chi connectivity index (χ2v) is 6.74. The minimum atomic E-state index is -2.33. The molecule has 0 amide bonds. The summed E-state index contributed by atoms with van der Waals surface area (Å²) in [5.41, 5.74) is 3.07. The zero-order valence-electron chi connectivity index (χ0n) is 15.2. The van der Waals surface area contributed by atoms with Crippen LogP contribution in [0.5, 0.6) is 0 Å². The van der Waals surface area contributed by atoms with E-state index in [2.05, 4.69) is 25.6 Å². The lowest BCUT2D eigenvalue weighted by Crippen LogP contribution is -2.04. The van der Waals surface area contributed by atoms with Gasteiger partial charge in [-0.15, -0.1) is 10.2 Å². The number of rotatable bonds is 6. The van der Waals surface area contributed by atoms with Crippen molar-refractivity contribution in [3.05, 3.63) is 73.1 Å². The SMILES string of the molecule is O=[P+](OCn1nnc2ccccc21)OCn1nnc2ccccc21.c1cc[nH]c1. The average molecular weight is 410 g/mol. The van der Waals surface area contributed by atoms with Gasteiger partial charge in [0.1, 0.15) is 11.0 Å². The molecule has 0 aliphatic rings. The number of nitrogens with zero attached hydrogens (tertiary/aromatic N) is 6. The zero-order valence-corrected chi connectivity index (χ0v) is 16.1. The Labute approximate surface area is 166 Å². The Hall–Kier alpha value is -3.46. The van der Waals surface area contributed by atoms with Crippen LogP contribution < -0.4 is 0 Å². The van der Waals surface area contributed by atoms with E-state index < -0.39 is 8.25 Å². The molecular weight excluding hydrogens is 393 g/mol. The molecule has 0 aliphatic heterocycles. The molecule has 0 atom stereocenters. The van der Waals surface area contributed by atoms with Gasteiger partial charge in [0.2, 0.25) is 0 Å². The predicted octanol–water partition coefficient (Wildman–Crippen LogP) is 3.50. The van der Waals surface area contributed by atoms with Crippen molar-refractivity contribution in [3.63, 3.8) is 0 Å². The van der Waals surface area contributed by atoms with Crippen LogP contribution in [0.3, 0.4) is 0 Å². The van der Waals surface area contributed by atoms with E-state index in [-0.39, 0.29) is 13.5 Å². The number of aromatic amines is 1. The third kappa shape index (κ3) is 4.69. The summed E-state index contributed by atoms with van der Waals surface area (Å²) in [5, 5.41) is 15.9. The Bertz CT molecular complexity index is 1110. The molecule has 0 saturated carbocycles. The number of aromatic nitrogens is 7. The Morgan fingerprint density at radius 3 is 1.69 bits per heavy atom. The van der Waals surface area contributed by atoms with Crippen LogP contribution in [0.1, 0.15) is 0 Å². The van der Waals surface area contributed by atoms with E-state index in [0.717, 1.165) is 22.1 Å². The van der Waals surface area contributed by atoms with Crippen molar-refractivity contribution < 1.29 is 13.6 Å². The molecule has 3 heterocycles. The first kappa shape index (κ1) is 18.9. The zero-order chi connectivity index (χ0) is 19.9. The Kier molecular flexibility index (Phi) is 5.96. The maximum absolute atomic E-state index is 11.9. The molecule has 11 heteroatoms. The van der Waals surface area contributed by atoms with Gasteiger partial charge >= 0.3 is 8.25 Å². The van der Waals surface area contributed by atoms with Gasteiger partial charge < -0.3 is 4.98 Å². The van der Waals surface area contributed by atoms with Crippen molar-refractivity contribution in [3.8, 4) is 0 Å². The molecule has 2 aromatic carbocycles. The number of fused-ring (bicyclic) bond motifs is 2. The van der Waals surface area contributed by atoms with Gasteiger partial charge in [0.05, 0.1) is 11.0 Å². The molecule has 5 aromatic rings. The third-order valence-electron chi connectivity index (χ3n) is 3.91. The van der Waals surface area contributed by atoms with Gasteiger partial charge in [0, 0.05) is 17.0 Å². The summed E-state index contributed by atoms with van der Waals surface area (Å²) in [6.07, 6.45) is 3.75. The molecular formula is C18H17N7O3P+. The van der Waals surface area contributed by atoms with E-state index in [0.29, 0.717) is 0 Å². The van der Waals surface area contributed by atoms with Crippen LogP contribution in [0, 0.1) is 0 Å². The summed E-state index contributed by atoms with van der Waals surface area (Å²) in [5.74, 6) is 0. The highest BCUT2D eigenvalue weighted by Gasteiger charge is 2.22. The van der Waals surface area contributed by atoms with Crippen molar-refractivity contribution in [1.82, 2.24) is 35.0 Å². The van der Waals surface area contributed by atoms with Crippen LogP contribution in [0.2, 0.25) is 0 Å². The van der Waals surface area contributed by atoms with Crippen LogP contribution in [0.15, 0.2) is 73.1 Å². The molecule has 10 nitrogen and oxygen atoms in total. The highest BCUT2D eigenvalue weighted by atomic mass is 31.1. The smallest absolute Gasteiger partial charge is 0.368 e. The van der Waals surface area contributed by atoms with Crippen molar-refractivity contribution in [2.75, 3.05) is 0 Å². The second kappa shape index (κ2) is 9.16. The number of hydrogen-bond donors (Lipinski definition) is 1. The fourth-order valence-electron chi connectivity index (χ4n) is 2.54. The molecule has 29 heavy (non-hydrogen) atoms. The quantitative estimate of drug-likeness (QED) is 0.426. The molecule has 3 aromatic heterocycles. The molecule has 0 radical (unpaired) electrons. The molecule has 0 unspecified atom stereocenters. The highest BCUT2D eigenvalue weighted by molar-refractivity contribution is 7.33. The van der Waals surface area contributed by atoms with E-state index in [4.69, 9.17) is 9.05 Å². The number of nitrogens with one attached hydrogen (secondary N) is 1. The summed E-state index contributed by atoms with van der Waals surface area (Å²) in [7, 11) is -2.33. The molecule has 146 valence electrons. The Morgan fingerprint density at radius 1 is 0.759 bits per heavy atom. The van der Waals surface area contributed by atoms with Gasteiger partial charge in [0.25, 0.3) is 0 Å². The van der Waals surface area contributed by atoms with E-state index in [1.165, 1.54) is 9.36 Å². The van der Waals surface area contributed by atoms with Gasteiger partial charge in [-0.2, -0.15) is 0 Å². The fraction of sp³-hybridized carbons (Fsp3) is 0.111. The standard InChI is InChI=1S/C14H12N6O3P.C4H5N/c21-24(22-9-19-13-7-3-1-5-11(13)15-17-19)23-10-20-14-8-4-2-6-12(14)16-18-20;1-2-4-5-3-1/h1-8H,9-10H2;1-5H/q+1;. The van der Waals surface area contributed by atoms with E-state index >= 15 is 0 Å². The van der Waals surface area contributed by atoms with Crippen LogP contribution in [-0.2, 0) is 27.1 Å². The van der Waals surface area contributed by atoms with Gasteiger partial charge in [-0.1, -0.05) is 43.7 Å².